The number of fused-ring (bicyclic) bond motifs is 1. The Bertz CT molecular complexity index is 401. The third kappa shape index (κ3) is 2.42. The lowest BCUT2D eigenvalue weighted by atomic mass is 9.96. The van der Waals surface area contributed by atoms with Gasteiger partial charge in [0.15, 0.2) is 0 Å². The Morgan fingerprint density at radius 2 is 2.31 bits per heavy atom. The smallest absolute Gasteiger partial charge is 0.307 e. The average molecular weight is 219 g/mol. The molecule has 3 heteroatoms. The summed E-state index contributed by atoms with van der Waals surface area (Å²) in [6.07, 6.45) is 2.26. The molecule has 0 unspecified atom stereocenters. The van der Waals surface area contributed by atoms with Gasteiger partial charge in [-0.2, -0.15) is 0 Å². The highest BCUT2D eigenvalue weighted by atomic mass is 16.4. The van der Waals surface area contributed by atoms with E-state index in [4.69, 9.17) is 5.11 Å². The summed E-state index contributed by atoms with van der Waals surface area (Å²) in [5.41, 5.74) is 3.54. The monoisotopic (exact) mass is 219 g/mol. The third-order valence-electron chi connectivity index (χ3n) is 3.12. The SMILES string of the molecule is CN1CCCc2c(CC(=O)O)cccc2C1. The Balaban J connectivity index is 2.34. The molecule has 0 saturated heterocycles. The van der Waals surface area contributed by atoms with E-state index in [1.165, 1.54) is 11.1 Å². The maximum absolute atomic E-state index is 10.8. The number of carbonyl (C=O) groups is 1. The third-order valence-corrected chi connectivity index (χ3v) is 3.12. The Hall–Kier alpha value is -1.35. The number of benzene rings is 1. The normalized spacial score (nSPS) is 16.6. The summed E-state index contributed by atoms with van der Waals surface area (Å²) < 4.78 is 0. The first-order valence-electron chi connectivity index (χ1n) is 5.67. The molecule has 16 heavy (non-hydrogen) atoms. The van der Waals surface area contributed by atoms with Crippen molar-refractivity contribution >= 4 is 5.97 Å². The zero-order chi connectivity index (χ0) is 11.5. The lowest BCUT2D eigenvalue weighted by Crippen LogP contribution is -2.17. The Morgan fingerprint density at radius 1 is 1.50 bits per heavy atom. The first kappa shape index (κ1) is 11.1. The van der Waals surface area contributed by atoms with Gasteiger partial charge in [0, 0.05) is 6.54 Å². The summed E-state index contributed by atoms with van der Waals surface area (Å²) in [6.45, 7) is 2.02. The summed E-state index contributed by atoms with van der Waals surface area (Å²) in [7, 11) is 2.11. The molecule has 1 heterocycles. The van der Waals surface area contributed by atoms with Gasteiger partial charge < -0.3 is 10.0 Å². The standard InChI is InChI=1S/C13H17NO2/c1-14-7-3-6-12-10(8-13(15)16)4-2-5-11(12)9-14/h2,4-5H,3,6-9H2,1H3,(H,15,16). The van der Waals surface area contributed by atoms with Gasteiger partial charge >= 0.3 is 5.97 Å². The van der Waals surface area contributed by atoms with Crippen molar-refractivity contribution in [3.8, 4) is 0 Å². The largest absolute Gasteiger partial charge is 0.481 e. The number of nitrogens with zero attached hydrogens (tertiary/aromatic N) is 1. The average Bonchev–Trinajstić information content (AvgIpc) is 2.38. The van der Waals surface area contributed by atoms with Crippen LogP contribution in [0, 0.1) is 0 Å². The summed E-state index contributed by atoms with van der Waals surface area (Å²) in [5.74, 6) is -0.744. The lowest BCUT2D eigenvalue weighted by molar-refractivity contribution is -0.136. The van der Waals surface area contributed by atoms with Crippen LogP contribution >= 0.6 is 0 Å². The van der Waals surface area contributed by atoms with Gasteiger partial charge in [0.05, 0.1) is 6.42 Å². The van der Waals surface area contributed by atoms with Crippen LogP contribution in [-0.4, -0.2) is 29.6 Å². The van der Waals surface area contributed by atoms with E-state index >= 15 is 0 Å². The molecule has 1 aliphatic heterocycles. The van der Waals surface area contributed by atoms with Crippen molar-refractivity contribution in [2.75, 3.05) is 13.6 Å². The molecule has 0 bridgehead atoms. The minimum atomic E-state index is -0.744. The molecule has 0 saturated carbocycles. The molecule has 0 fully saturated rings. The van der Waals surface area contributed by atoms with E-state index in [1.807, 2.05) is 12.1 Å². The number of carboxylic acids is 1. The second kappa shape index (κ2) is 4.66. The number of hydrogen-bond donors (Lipinski definition) is 1. The number of hydrogen-bond acceptors (Lipinski definition) is 2. The highest BCUT2D eigenvalue weighted by Crippen LogP contribution is 2.22. The zero-order valence-electron chi connectivity index (χ0n) is 9.57. The van der Waals surface area contributed by atoms with Gasteiger partial charge in [-0.15, -0.1) is 0 Å². The van der Waals surface area contributed by atoms with E-state index in [9.17, 15) is 4.79 Å². The van der Waals surface area contributed by atoms with E-state index < -0.39 is 5.97 Å². The van der Waals surface area contributed by atoms with Crippen LogP contribution in [0.2, 0.25) is 0 Å². The highest BCUT2D eigenvalue weighted by molar-refractivity contribution is 5.71. The molecule has 2 rings (SSSR count). The summed E-state index contributed by atoms with van der Waals surface area (Å²) >= 11 is 0. The fourth-order valence-corrected chi connectivity index (χ4v) is 2.38. The number of carboxylic acid groups (broad SMARTS) is 1. The maximum Gasteiger partial charge on any atom is 0.307 e. The molecular weight excluding hydrogens is 202 g/mol. The Labute approximate surface area is 95.7 Å². The van der Waals surface area contributed by atoms with Crippen molar-refractivity contribution in [2.24, 2.45) is 0 Å². The second-order valence-corrected chi connectivity index (χ2v) is 4.47. The minimum Gasteiger partial charge on any atom is -0.481 e. The summed E-state index contributed by atoms with van der Waals surface area (Å²) in [5, 5.41) is 8.88. The van der Waals surface area contributed by atoms with Gasteiger partial charge in [0.2, 0.25) is 0 Å². The van der Waals surface area contributed by atoms with Crippen molar-refractivity contribution in [1.29, 1.82) is 0 Å². The first-order valence-corrected chi connectivity index (χ1v) is 5.67. The van der Waals surface area contributed by atoms with Crippen LogP contribution < -0.4 is 0 Å². The van der Waals surface area contributed by atoms with Crippen molar-refractivity contribution in [3.05, 3.63) is 34.9 Å². The molecule has 0 spiro atoms. The number of aliphatic carboxylic acids is 1. The second-order valence-electron chi connectivity index (χ2n) is 4.47. The van der Waals surface area contributed by atoms with Gasteiger partial charge in [-0.05, 0) is 43.1 Å². The predicted molar refractivity (Wildman–Crippen MR) is 62.4 cm³/mol. The van der Waals surface area contributed by atoms with E-state index in [2.05, 4.69) is 18.0 Å². The molecule has 86 valence electrons. The Kier molecular flexibility index (Phi) is 3.25. The lowest BCUT2D eigenvalue weighted by Gasteiger charge is -2.14. The van der Waals surface area contributed by atoms with Gasteiger partial charge in [-0.1, -0.05) is 18.2 Å². The fraction of sp³-hybridized carbons (Fsp3) is 0.462. The highest BCUT2D eigenvalue weighted by Gasteiger charge is 2.15. The van der Waals surface area contributed by atoms with Crippen LogP contribution in [-0.2, 0) is 24.2 Å². The van der Waals surface area contributed by atoms with E-state index in [0.29, 0.717) is 0 Å². The number of rotatable bonds is 2. The van der Waals surface area contributed by atoms with Crippen molar-refractivity contribution in [3.63, 3.8) is 0 Å². The molecule has 0 radical (unpaired) electrons. The quantitative estimate of drug-likeness (QED) is 0.823. The zero-order valence-corrected chi connectivity index (χ0v) is 9.57. The van der Waals surface area contributed by atoms with Gasteiger partial charge in [-0.25, -0.2) is 0 Å². The molecule has 1 N–H and O–H groups in total. The van der Waals surface area contributed by atoms with Crippen LogP contribution in [0.5, 0.6) is 0 Å². The van der Waals surface area contributed by atoms with Gasteiger partial charge in [0.1, 0.15) is 0 Å². The molecule has 0 aliphatic carbocycles. The topological polar surface area (TPSA) is 40.5 Å². The predicted octanol–water partition coefficient (Wildman–Crippen LogP) is 1.69. The van der Waals surface area contributed by atoms with E-state index in [1.54, 1.807) is 0 Å². The van der Waals surface area contributed by atoms with Crippen LogP contribution in [0.1, 0.15) is 23.1 Å². The van der Waals surface area contributed by atoms with E-state index in [-0.39, 0.29) is 6.42 Å². The molecule has 1 aromatic carbocycles. The molecule has 3 nitrogen and oxygen atoms in total. The maximum atomic E-state index is 10.8. The van der Waals surface area contributed by atoms with E-state index in [0.717, 1.165) is 31.5 Å². The van der Waals surface area contributed by atoms with Crippen molar-refractivity contribution < 1.29 is 9.90 Å². The van der Waals surface area contributed by atoms with Gasteiger partial charge in [0.25, 0.3) is 0 Å². The van der Waals surface area contributed by atoms with Crippen LogP contribution in [0.15, 0.2) is 18.2 Å². The summed E-state index contributed by atoms with van der Waals surface area (Å²) in [4.78, 5) is 13.1. The minimum absolute atomic E-state index is 0.146. The molecule has 0 atom stereocenters. The molecule has 1 aromatic rings. The van der Waals surface area contributed by atoms with Crippen LogP contribution in [0.4, 0.5) is 0 Å². The van der Waals surface area contributed by atoms with Gasteiger partial charge in [-0.3, -0.25) is 4.79 Å². The Morgan fingerprint density at radius 3 is 3.06 bits per heavy atom. The van der Waals surface area contributed by atoms with Crippen LogP contribution in [0.3, 0.4) is 0 Å². The fourth-order valence-electron chi connectivity index (χ4n) is 2.38. The van der Waals surface area contributed by atoms with Crippen molar-refractivity contribution in [2.45, 2.75) is 25.8 Å². The molecule has 1 aliphatic rings. The molecule has 0 amide bonds. The summed E-state index contributed by atoms with van der Waals surface area (Å²) in [6, 6.07) is 6.02. The first-order chi connectivity index (χ1) is 7.66. The molecular formula is C13H17NO2. The molecule has 0 aromatic heterocycles. The van der Waals surface area contributed by atoms with Crippen molar-refractivity contribution in [1.82, 2.24) is 4.90 Å². The van der Waals surface area contributed by atoms with Crippen LogP contribution in [0.25, 0.3) is 0 Å².